The Labute approximate surface area is 89.2 Å². The molecule has 1 atom stereocenters. The molecular weight excluding hydrogens is 214 g/mol. The van der Waals surface area contributed by atoms with E-state index in [1.54, 1.807) is 17.8 Å². The van der Waals surface area contributed by atoms with Crippen LogP contribution in [0.2, 0.25) is 0 Å². The topological polar surface area (TPSA) is 78.0 Å². The molecule has 84 valence electrons. The predicted molar refractivity (Wildman–Crippen MR) is 58.1 cm³/mol. The summed E-state index contributed by atoms with van der Waals surface area (Å²) in [6.07, 6.45) is 2.02. The molecule has 6 heteroatoms. The summed E-state index contributed by atoms with van der Waals surface area (Å²) >= 11 is 0. The van der Waals surface area contributed by atoms with E-state index in [2.05, 4.69) is 5.10 Å². The summed E-state index contributed by atoms with van der Waals surface area (Å²) in [4.78, 5) is 0. The highest BCUT2D eigenvalue weighted by atomic mass is 32.2. The molecule has 2 N–H and O–H groups in total. The quantitative estimate of drug-likeness (QED) is 0.781. The van der Waals surface area contributed by atoms with Crippen LogP contribution in [-0.4, -0.2) is 29.2 Å². The van der Waals surface area contributed by atoms with E-state index in [-0.39, 0.29) is 5.25 Å². The van der Waals surface area contributed by atoms with Crippen LogP contribution in [0.3, 0.4) is 0 Å². The summed E-state index contributed by atoms with van der Waals surface area (Å²) in [5.41, 5.74) is 6.40. The molecule has 0 radical (unpaired) electrons. The van der Waals surface area contributed by atoms with Crippen LogP contribution in [0.5, 0.6) is 0 Å². The molecule has 1 unspecified atom stereocenters. The molecule has 0 saturated carbocycles. The molecule has 0 aromatic carbocycles. The van der Waals surface area contributed by atoms with Crippen molar-refractivity contribution in [2.45, 2.75) is 24.5 Å². The number of nitrogens with zero attached hydrogens (tertiary/aromatic N) is 2. The first kappa shape index (κ1) is 10.5. The van der Waals surface area contributed by atoms with E-state index in [0.29, 0.717) is 18.0 Å². The monoisotopic (exact) mass is 229 g/mol. The Morgan fingerprint density at radius 2 is 2.40 bits per heavy atom. The van der Waals surface area contributed by atoms with Gasteiger partial charge in [0.2, 0.25) is 0 Å². The SMILES string of the molecule is Cn1nc(CC2CCCS2(=O)=O)cc1N. The summed E-state index contributed by atoms with van der Waals surface area (Å²) < 4.78 is 24.8. The molecule has 1 aromatic rings. The van der Waals surface area contributed by atoms with Crippen molar-refractivity contribution in [2.75, 3.05) is 11.5 Å². The fourth-order valence-electron chi connectivity index (χ4n) is 1.96. The summed E-state index contributed by atoms with van der Waals surface area (Å²) in [6, 6.07) is 1.74. The van der Waals surface area contributed by atoms with Gasteiger partial charge in [0.05, 0.1) is 16.7 Å². The molecule has 2 rings (SSSR count). The Bertz CT molecular complexity index is 444. The fraction of sp³-hybridized carbons (Fsp3) is 0.667. The van der Waals surface area contributed by atoms with Gasteiger partial charge in [0.15, 0.2) is 9.84 Å². The lowest BCUT2D eigenvalue weighted by Gasteiger charge is -2.05. The van der Waals surface area contributed by atoms with Crippen molar-refractivity contribution in [3.05, 3.63) is 11.8 Å². The van der Waals surface area contributed by atoms with Crippen LogP contribution in [0, 0.1) is 0 Å². The predicted octanol–water partition coefficient (Wildman–Crippen LogP) is 0.122. The standard InChI is InChI=1S/C9H15N3O2S/c1-12-9(10)6-7(11-12)5-8-3-2-4-15(8,13)14/h6,8H,2-5,10H2,1H3. The van der Waals surface area contributed by atoms with Crippen LogP contribution >= 0.6 is 0 Å². The Hall–Kier alpha value is -1.04. The highest BCUT2D eigenvalue weighted by Crippen LogP contribution is 2.23. The average molecular weight is 229 g/mol. The van der Waals surface area contributed by atoms with Crippen LogP contribution in [0.1, 0.15) is 18.5 Å². The number of hydrogen-bond acceptors (Lipinski definition) is 4. The lowest BCUT2D eigenvalue weighted by Crippen LogP contribution is -2.18. The molecular formula is C9H15N3O2S. The normalized spacial score (nSPS) is 24.5. The van der Waals surface area contributed by atoms with Crippen LogP contribution in [0.25, 0.3) is 0 Å². The van der Waals surface area contributed by atoms with Gasteiger partial charge in [-0.1, -0.05) is 0 Å². The number of sulfone groups is 1. The van der Waals surface area contributed by atoms with E-state index in [1.165, 1.54) is 0 Å². The van der Waals surface area contributed by atoms with Gasteiger partial charge in [-0.25, -0.2) is 8.42 Å². The summed E-state index contributed by atoms with van der Waals surface area (Å²) in [7, 11) is -1.13. The molecule has 1 aliphatic heterocycles. The van der Waals surface area contributed by atoms with Gasteiger partial charge in [-0.3, -0.25) is 4.68 Å². The van der Waals surface area contributed by atoms with Crippen LogP contribution in [-0.2, 0) is 23.3 Å². The summed E-state index contributed by atoms with van der Waals surface area (Å²) in [6.45, 7) is 0. The number of aryl methyl sites for hydroxylation is 1. The maximum Gasteiger partial charge on any atom is 0.153 e. The highest BCUT2D eigenvalue weighted by molar-refractivity contribution is 7.92. The van der Waals surface area contributed by atoms with Crippen molar-refractivity contribution >= 4 is 15.7 Å². The molecule has 1 fully saturated rings. The van der Waals surface area contributed by atoms with Gasteiger partial charge in [0, 0.05) is 19.5 Å². The lowest BCUT2D eigenvalue weighted by atomic mass is 10.1. The van der Waals surface area contributed by atoms with E-state index in [1.807, 2.05) is 0 Å². The third-order valence-corrected chi connectivity index (χ3v) is 5.14. The molecule has 0 aliphatic carbocycles. The maximum absolute atomic E-state index is 11.6. The minimum Gasteiger partial charge on any atom is -0.384 e. The molecule has 2 heterocycles. The number of hydrogen-bond donors (Lipinski definition) is 1. The van der Waals surface area contributed by atoms with Gasteiger partial charge in [0.25, 0.3) is 0 Å². The zero-order valence-electron chi connectivity index (χ0n) is 8.68. The van der Waals surface area contributed by atoms with E-state index >= 15 is 0 Å². The number of rotatable bonds is 2. The minimum atomic E-state index is -2.88. The maximum atomic E-state index is 11.6. The van der Waals surface area contributed by atoms with Crippen molar-refractivity contribution in [1.82, 2.24) is 9.78 Å². The Balaban J connectivity index is 2.16. The average Bonchev–Trinajstić information content (AvgIpc) is 2.59. The van der Waals surface area contributed by atoms with E-state index in [9.17, 15) is 8.42 Å². The van der Waals surface area contributed by atoms with Crippen LogP contribution < -0.4 is 5.73 Å². The van der Waals surface area contributed by atoms with Gasteiger partial charge in [-0.15, -0.1) is 0 Å². The molecule has 1 aliphatic rings. The number of anilines is 1. The first-order chi connectivity index (χ1) is 6.99. The number of nitrogen functional groups attached to an aromatic ring is 1. The third kappa shape index (κ3) is 1.99. The molecule has 0 bridgehead atoms. The zero-order chi connectivity index (χ0) is 11.1. The molecule has 1 saturated heterocycles. The van der Waals surface area contributed by atoms with Gasteiger partial charge in [-0.2, -0.15) is 5.10 Å². The lowest BCUT2D eigenvalue weighted by molar-refractivity contribution is 0.586. The number of nitrogens with two attached hydrogens (primary N) is 1. The second-order valence-electron chi connectivity index (χ2n) is 4.02. The Morgan fingerprint density at radius 1 is 1.67 bits per heavy atom. The Morgan fingerprint density at radius 3 is 2.87 bits per heavy atom. The van der Waals surface area contributed by atoms with E-state index < -0.39 is 9.84 Å². The first-order valence-electron chi connectivity index (χ1n) is 4.99. The Kier molecular flexibility index (Phi) is 2.46. The smallest absolute Gasteiger partial charge is 0.153 e. The van der Waals surface area contributed by atoms with Crippen molar-refractivity contribution < 1.29 is 8.42 Å². The summed E-state index contributed by atoms with van der Waals surface area (Å²) in [5, 5.41) is 3.91. The molecule has 0 amide bonds. The third-order valence-electron chi connectivity index (χ3n) is 2.87. The van der Waals surface area contributed by atoms with Crippen LogP contribution in [0.15, 0.2) is 6.07 Å². The van der Waals surface area contributed by atoms with Gasteiger partial charge >= 0.3 is 0 Å². The molecule has 1 aromatic heterocycles. The summed E-state index contributed by atoms with van der Waals surface area (Å²) in [5.74, 6) is 0.889. The van der Waals surface area contributed by atoms with E-state index in [4.69, 9.17) is 5.73 Å². The largest absolute Gasteiger partial charge is 0.384 e. The fourth-order valence-corrected chi connectivity index (χ4v) is 3.82. The van der Waals surface area contributed by atoms with Crippen molar-refractivity contribution in [3.8, 4) is 0 Å². The highest BCUT2D eigenvalue weighted by Gasteiger charge is 2.31. The van der Waals surface area contributed by atoms with Crippen molar-refractivity contribution in [1.29, 1.82) is 0 Å². The minimum absolute atomic E-state index is 0.258. The molecule has 15 heavy (non-hydrogen) atoms. The second-order valence-corrected chi connectivity index (χ2v) is 6.42. The zero-order valence-corrected chi connectivity index (χ0v) is 9.50. The number of aromatic nitrogens is 2. The van der Waals surface area contributed by atoms with Crippen LogP contribution in [0.4, 0.5) is 5.82 Å². The van der Waals surface area contributed by atoms with Crippen molar-refractivity contribution in [2.24, 2.45) is 7.05 Å². The first-order valence-corrected chi connectivity index (χ1v) is 6.70. The van der Waals surface area contributed by atoms with Crippen molar-refractivity contribution in [3.63, 3.8) is 0 Å². The van der Waals surface area contributed by atoms with E-state index in [0.717, 1.165) is 18.5 Å². The molecule has 0 spiro atoms. The van der Waals surface area contributed by atoms with Gasteiger partial charge in [0.1, 0.15) is 5.82 Å². The van der Waals surface area contributed by atoms with Gasteiger partial charge < -0.3 is 5.73 Å². The van der Waals surface area contributed by atoms with Gasteiger partial charge in [-0.05, 0) is 12.8 Å². The molecule has 5 nitrogen and oxygen atoms in total. The second kappa shape index (κ2) is 3.52.